The zero-order valence-corrected chi connectivity index (χ0v) is 95.3. The van der Waals surface area contributed by atoms with Crippen LogP contribution in [0.5, 0.6) is 0 Å². The topological polar surface area (TPSA) is 15.5 Å². The molecule has 0 spiro atoms. The highest BCUT2D eigenvalue weighted by atomic mass is 15.0. The minimum Gasteiger partial charge on any atom is -0.200 e. The van der Waals surface area contributed by atoms with Crippen LogP contribution in [0.2, 0.25) is 0 Å². The quantitative estimate of drug-likeness (QED) is 0.135. The molecule has 0 atom stereocenters. The minimum atomic E-state index is 0.00234. The van der Waals surface area contributed by atoms with Gasteiger partial charge in [0.25, 0.3) is 0 Å². The van der Waals surface area contributed by atoms with E-state index in [1.807, 2.05) is 0 Å². The Morgan fingerprint density at radius 1 is 0.173 bits per heavy atom. The summed E-state index contributed by atoms with van der Waals surface area (Å²) in [5, 5.41) is 0. The molecule has 0 saturated heterocycles. The Morgan fingerprint density at radius 3 is 0.632 bits per heavy atom. The van der Waals surface area contributed by atoms with Crippen molar-refractivity contribution in [3.05, 3.63) is 206 Å². The van der Waals surface area contributed by atoms with Gasteiger partial charge in [0.2, 0.25) is 22.8 Å². The molecule has 4 nitrogen and oxygen atoms in total. The number of fused-ring (bicyclic) bond motifs is 26. The molecule has 4 aromatic heterocycles. The van der Waals surface area contributed by atoms with Crippen LogP contribution in [0.4, 0.5) is 0 Å². The lowest BCUT2D eigenvalue weighted by molar-refractivity contribution is -0.662. The highest BCUT2D eigenvalue weighted by Crippen LogP contribution is 2.70. The third-order valence-corrected chi connectivity index (χ3v) is 41.8. The average Bonchev–Trinajstić information content (AvgIpc) is 1.66. The van der Waals surface area contributed by atoms with Gasteiger partial charge in [0.05, 0.1) is 22.3 Å². The molecular formula is C129H188N4+4. The second-order valence-corrected chi connectivity index (χ2v) is 60.0. The van der Waals surface area contributed by atoms with E-state index < -0.39 is 0 Å². The van der Waals surface area contributed by atoms with E-state index >= 15 is 0 Å². The molecule has 8 aromatic rings. The van der Waals surface area contributed by atoms with Crippen molar-refractivity contribution in [3.63, 3.8) is 0 Å². The Kier molecular flexibility index (Phi) is 21.4. The fourth-order valence-electron chi connectivity index (χ4n) is 31.9. The Morgan fingerprint density at radius 2 is 0.361 bits per heavy atom. The predicted octanol–water partition coefficient (Wildman–Crippen LogP) is 31.5. The van der Waals surface area contributed by atoms with Crippen LogP contribution in [0.15, 0.2) is 61.2 Å². The van der Waals surface area contributed by atoms with E-state index in [0.717, 1.165) is 0 Å². The van der Waals surface area contributed by atoms with Gasteiger partial charge in [-0.25, -0.2) is 18.3 Å². The maximum Gasteiger partial charge on any atom is 0.216 e. The lowest BCUT2D eigenvalue weighted by Gasteiger charge is -2.54. The molecule has 0 aliphatic heterocycles. The number of pyridine rings is 4. The SMILES string of the molecule is Cc1cc2c(c3c1-c1c(c4c(c[n+]1C)C(C)(C)CC4(C)C)C(C)(C)C3(C)C)C(C)(C)CC2(C)C.Cc1cc2c(c3c1-c1c(c4c(c[n+]1C)C(C)(C)CCC4(C)C)C(C)(C)C3(C)C)C(C)(C)CC2(C)C.Cc1cc2c(c3c1-c1c(c4c(c[n+]1C)C(C)(C)CCC4(C)C)C(C)(C)C3(C)C)C(C)(C)CCC2(C)C.Cc1cccc2c1-c1c(c3c(c[n+]1C)C(C)(C)CCC3(C)C)C(C)(C)C2(C)C. The molecule has 0 unspecified atom stereocenters. The van der Waals surface area contributed by atoms with Gasteiger partial charge in [-0.2, -0.15) is 0 Å². The number of aryl methyl sites for hydroxylation is 8. The Bertz CT molecular complexity index is 6140. The monoisotopic (exact) mass is 1790 g/mol. The van der Waals surface area contributed by atoms with Crippen LogP contribution in [0, 0.1) is 27.7 Å². The molecule has 0 bridgehead atoms. The highest BCUT2D eigenvalue weighted by molar-refractivity contribution is 5.86. The zero-order chi connectivity index (χ0) is 99.8. The fourth-order valence-corrected chi connectivity index (χ4v) is 31.9. The Balaban J connectivity index is 0.000000130. The van der Waals surface area contributed by atoms with Crippen molar-refractivity contribution in [3.8, 4) is 45.0 Å². The van der Waals surface area contributed by atoms with E-state index in [2.05, 4.69) is 440 Å². The van der Waals surface area contributed by atoms with Crippen molar-refractivity contribution in [1.29, 1.82) is 0 Å². The molecule has 19 rings (SSSR count). The molecule has 4 heteroatoms. The molecule has 0 fully saturated rings. The van der Waals surface area contributed by atoms with Crippen LogP contribution >= 0.6 is 0 Å². The van der Waals surface area contributed by atoms with E-state index in [-0.39, 0.29) is 119 Å². The van der Waals surface area contributed by atoms with Crippen molar-refractivity contribution < 1.29 is 18.3 Å². The fraction of sp³-hybridized carbons (Fsp3) is 0.659. The van der Waals surface area contributed by atoms with Crippen molar-refractivity contribution in [2.75, 3.05) is 0 Å². The first-order valence-corrected chi connectivity index (χ1v) is 52.8. The third kappa shape index (κ3) is 13.4. The molecular weight excluding hydrogens is 1610 g/mol. The summed E-state index contributed by atoms with van der Waals surface area (Å²) >= 11 is 0. The van der Waals surface area contributed by atoms with E-state index in [9.17, 15) is 0 Å². The second-order valence-electron chi connectivity index (χ2n) is 60.0. The molecule has 11 aliphatic carbocycles. The van der Waals surface area contributed by atoms with Crippen molar-refractivity contribution in [1.82, 2.24) is 0 Å². The molecule has 0 saturated carbocycles. The summed E-state index contributed by atoms with van der Waals surface area (Å²) < 4.78 is 9.98. The molecule has 0 amide bonds. The summed E-state index contributed by atoms with van der Waals surface area (Å²) in [6, 6.07) is 14.6. The number of benzene rings is 4. The first-order valence-electron chi connectivity index (χ1n) is 52.8. The predicted molar refractivity (Wildman–Crippen MR) is 569 cm³/mol. The van der Waals surface area contributed by atoms with Gasteiger partial charge < -0.3 is 0 Å². The van der Waals surface area contributed by atoms with Gasteiger partial charge in [0.1, 0.15) is 28.2 Å². The van der Waals surface area contributed by atoms with Gasteiger partial charge in [-0.1, -0.05) is 341 Å². The Labute approximate surface area is 814 Å². The van der Waals surface area contributed by atoms with Crippen LogP contribution < -0.4 is 18.3 Å². The summed E-state index contributed by atoms with van der Waals surface area (Å²) in [4.78, 5) is 0. The van der Waals surface area contributed by atoms with E-state index in [1.54, 1.807) is 117 Å². The average molecular weight is 1790 g/mol. The van der Waals surface area contributed by atoms with Crippen LogP contribution in [0.1, 0.15) is 520 Å². The largest absolute Gasteiger partial charge is 0.216 e. The van der Waals surface area contributed by atoms with Crippen LogP contribution in [0.25, 0.3) is 45.0 Å². The molecule has 4 heterocycles. The summed E-state index contributed by atoms with van der Waals surface area (Å²) in [6.07, 6.45) is 23.6. The van der Waals surface area contributed by atoms with Gasteiger partial charge in [0.15, 0.2) is 24.8 Å². The van der Waals surface area contributed by atoms with Gasteiger partial charge >= 0.3 is 0 Å². The normalized spacial score (nSPS) is 24.8. The van der Waals surface area contributed by atoms with Gasteiger partial charge in [0, 0.05) is 82.4 Å². The van der Waals surface area contributed by atoms with E-state index in [0.29, 0.717) is 0 Å². The summed E-state index contributed by atoms with van der Waals surface area (Å²) in [7, 11) is 9.21. The van der Waals surface area contributed by atoms with Gasteiger partial charge in [-0.3, -0.25) is 0 Å². The lowest BCUT2D eigenvalue weighted by Crippen LogP contribution is -2.53. The lowest BCUT2D eigenvalue weighted by atomic mass is 9.48. The molecule has 4 aromatic carbocycles. The summed E-state index contributed by atoms with van der Waals surface area (Å²) in [5.41, 5.74) is 56.0. The van der Waals surface area contributed by atoms with Gasteiger partial charge in [-0.05, 0) is 280 Å². The van der Waals surface area contributed by atoms with Crippen molar-refractivity contribution >= 4 is 0 Å². The number of rotatable bonds is 0. The highest BCUT2D eigenvalue weighted by Gasteiger charge is 2.65. The summed E-state index contributed by atoms with van der Waals surface area (Å²) in [5.74, 6) is 0. The zero-order valence-electron chi connectivity index (χ0n) is 95.3. The van der Waals surface area contributed by atoms with Crippen molar-refractivity contribution in [2.24, 2.45) is 28.2 Å². The van der Waals surface area contributed by atoms with Gasteiger partial charge in [-0.15, -0.1) is 0 Å². The maximum absolute atomic E-state index is 2.59. The standard InChI is InChI=1S/C35H52N.C34H50N.C33H48N.C27H38N/c1-21-19-22-25(32(6,7)17-15-30(22,2)3)27-24(21)29-28(35(12,13)34(27,10)11)26-23(20-36(29)14)31(4,5)16-18-33(26,8)9;1-20-17-21-24(32(8,9)19-31(21,6)7)26-23(20)28-27(34(12,13)33(26,10)11)25-22(18-35(28)14)29(2,3)15-16-30(25,4)5;1-19-15-20-23(30(6,7)17-28(20,2)3)25-22(19)27-26(33(12,13)32(25,10)11)24-21(16-34(27)14)29(4,5)18-31(24,8)9;1-17-12-11-13-18-20(17)23-22(27(8,9)26(18,6)7)21-19(16-28(23)10)24(2,3)14-15-25(21,4)5/h19-20H,15-18H2,1-14H3;17-18H,15-16,19H2,1-14H3;15-16H,17-18H2,1-14H3;11-13,16H,14-15H2,1-10H3/q4*+1. The number of aromatic nitrogens is 4. The van der Waals surface area contributed by atoms with Crippen molar-refractivity contribution in [2.45, 2.75) is 522 Å². The third-order valence-electron chi connectivity index (χ3n) is 41.8. The molecule has 0 N–H and O–H groups in total. The van der Waals surface area contributed by atoms with Crippen LogP contribution in [-0.2, 0) is 147 Å². The van der Waals surface area contributed by atoms with Crippen LogP contribution in [-0.4, -0.2) is 0 Å². The number of hydrogen-bond donors (Lipinski definition) is 0. The van der Waals surface area contributed by atoms with E-state index in [1.165, 1.54) is 143 Å². The molecule has 0 radical (unpaired) electrons. The van der Waals surface area contributed by atoms with E-state index in [4.69, 9.17) is 0 Å². The number of hydrogen-bond acceptors (Lipinski definition) is 0. The second kappa shape index (κ2) is 28.7. The molecule has 133 heavy (non-hydrogen) atoms. The maximum atomic E-state index is 2.59. The van der Waals surface area contributed by atoms with Crippen LogP contribution in [0.3, 0.4) is 0 Å². The smallest absolute Gasteiger partial charge is 0.200 e. The number of nitrogens with zero attached hydrogens (tertiary/aromatic N) is 4. The molecule has 720 valence electrons. The molecule has 11 aliphatic rings. The first-order chi connectivity index (χ1) is 59.8. The summed E-state index contributed by atoms with van der Waals surface area (Å²) in [6.45, 7) is 119. The Hall–Kier alpha value is -6.52. The first kappa shape index (κ1) is 99.5. The minimum absolute atomic E-state index is 0.00234.